The first-order valence-corrected chi connectivity index (χ1v) is 9.95. The Morgan fingerprint density at radius 3 is 2.33 bits per heavy atom. The molecule has 0 spiro atoms. The Balaban J connectivity index is 2.04. The van der Waals surface area contributed by atoms with Gasteiger partial charge in [0.1, 0.15) is 23.3 Å². The van der Waals surface area contributed by atoms with Crippen molar-refractivity contribution in [3.8, 4) is 0 Å². The summed E-state index contributed by atoms with van der Waals surface area (Å²) in [6.07, 6.45) is 1.54. The molecule has 1 aromatic carbocycles. The highest BCUT2D eigenvalue weighted by atomic mass is 19.1. The smallest absolute Gasteiger partial charge is 0.248 e. The number of halogens is 2. The second-order valence-electron chi connectivity index (χ2n) is 7.17. The van der Waals surface area contributed by atoms with Crippen molar-refractivity contribution in [2.24, 2.45) is 0 Å². The van der Waals surface area contributed by atoms with Crippen LogP contribution in [0.25, 0.3) is 0 Å². The summed E-state index contributed by atoms with van der Waals surface area (Å²) in [4.78, 5) is 24.9. The zero-order chi connectivity index (χ0) is 22.3. The highest BCUT2D eigenvalue weighted by Crippen LogP contribution is 2.30. The van der Waals surface area contributed by atoms with Gasteiger partial charge in [-0.25, -0.2) is 8.78 Å². The first-order valence-electron chi connectivity index (χ1n) is 9.95. The lowest BCUT2D eigenvalue weighted by Gasteiger charge is -2.20. The molecule has 164 valence electrons. The van der Waals surface area contributed by atoms with Crippen molar-refractivity contribution < 1.29 is 28.0 Å². The fraction of sp³-hybridized carbons (Fsp3) is 0.476. The zero-order valence-corrected chi connectivity index (χ0v) is 17.3. The highest BCUT2D eigenvalue weighted by Gasteiger charge is 2.30. The number of anilines is 1. The molecule has 0 aliphatic heterocycles. The second kappa shape index (κ2) is 10.3. The van der Waals surface area contributed by atoms with Crippen LogP contribution in [-0.2, 0) is 21.6 Å². The van der Waals surface area contributed by atoms with Crippen molar-refractivity contribution in [2.45, 2.75) is 64.5 Å². The van der Waals surface area contributed by atoms with Gasteiger partial charge in [0.15, 0.2) is 11.6 Å². The molecule has 1 atom stereocenters. The molecule has 0 saturated heterocycles. The van der Waals surface area contributed by atoms with E-state index in [0.717, 1.165) is 18.2 Å². The van der Waals surface area contributed by atoms with Crippen molar-refractivity contribution in [1.82, 2.24) is 10.5 Å². The highest BCUT2D eigenvalue weighted by molar-refractivity contribution is 5.96. The fourth-order valence-corrected chi connectivity index (χ4v) is 3.07. The summed E-state index contributed by atoms with van der Waals surface area (Å²) < 4.78 is 31.8. The van der Waals surface area contributed by atoms with Crippen molar-refractivity contribution in [1.29, 1.82) is 0 Å². The Morgan fingerprint density at radius 2 is 1.77 bits per heavy atom. The molecule has 3 N–H and O–H groups in total. The monoisotopic (exact) mass is 423 g/mol. The Labute approximate surface area is 173 Å². The van der Waals surface area contributed by atoms with E-state index in [0.29, 0.717) is 25.7 Å². The van der Waals surface area contributed by atoms with Gasteiger partial charge in [0.25, 0.3) is 0 Å². The largest absolute Gasteiger partial charge is 0.382 e. The van der Waals surface area contributed by atoms with E-state index in [1.165, 1.54) is 6.07 Å². The van der Waals surface area contributed by atoms with E-state index in [4.69, 9.17) is 4.52 Å². The second-order valence-corrected chi connectivity index (χ2v) is 7.17. The lowest BCUT2D eigenvalue weighted by Crippen LogP contribution is -2.44. The predicted octanol–water partition coefficient (Wildman–Crippen LogP) is 3.43. The van der Waals surface area contributed by atoms with Gasteiger partial charge in [-0.3, -0.25) is 9.59 Å². The van der Waals surface area contributed by atoms with Crippen LogP contribution >= 0.6 is 0 Å². The number of nitrogens with zero attached hydrogens (tertiary/aromatic N) is 1. The molecule has 1 heterocycles. The van der Waals surface area contributed by atoms with Crippen LogP contribution in [-0.4, -0.2) is 28.1 Å². The van der Waals surface area contributed by atoms with Crippen LogP contribution in [0, 0.1) is 11.6 Å². The summed E-state index contributed by atoms with van der Waals surface area (Å²) in [7, 11) is 0. The molecule has 2 rings (SSSR count). The van der Waals surface area contributed by atoms with Crippen LogP contribution in [0.4, 0.5) is 14.6 Å². The summed E-state index contributed by atoms with van der Waals surface area (Å²) in [5.41, 5.74) is -1.01. The topological polar surface area (TPSA) is 104 Å². The molecule has 0 radical (unpaired) electrons. The normalized spacial score (nSPS) is 12.5. The SMILES string of the molecule is CCCC(NC(=O)Cc1cc(F)cc(F)c1)C(=O)Nc1cc(C(O)(CC)CC)on1. The average molecular weight is 423 g/mol. The van der Waals surface area contributed by atoms with Gasteiger partial charge >= 0.3 is 0 Å². The average Bonchev–Trinajstić information content (AvgIpc) is 3.15. The van der Waals surface area contributed by atoms with E-state index in [9.17, 15) is 23.5 Å². The lowest BCUT2D eigenvalue weighted by atomic mass is 9.94. The number of aliphatic hydroxyl groups is 1. The zero-order valence-electron chi connectivity index (χ0n) is 17.3. The molecule has 7 nitrogen and oxygen atoms in total. The molecule has 0 saturated carbocycles. The molecular weight excluding hydrogens is 396 g/mol. The van der Waals surface area contributed by atoms with Crippen LogP contribution in [0.5, 0.6) is 0 Å². The third-order valence-electron chi connectivity index (χ3n) is 4.91. The summed E-state index contributed by atoms with van der Waals surface area (Å²) >= 11 is 0. The van der Waals surface area contributed by atoms with E-state index >= 15 is 0 Å². The van der Waals surface area contributed by atoms with Gasteiger partial charge in [-0.1, -0.05) is 32.3 Å². The van der Waals surface area contributed by atoms with Gasteiger partial charge in [0.2, 0.25) is 11.8 Å². The molecule has 1 aromatic heterocycles. The number of carbonyl (C=O) groups is 2. The molecule has 30 heavy (non-hydrogen) atoms. The quantitative estimate of drug-likeness (QED) is 0.543. The molecule has 0 aliphatic carbocycles. The fourth-order valence-electron chi connectivity index (χ4n) is 3.07. The number of rotatable bonds is 10. The van der Waals surface area contributed by atoms with Crippen molar-refractivity contribution >= 4 is 17.6 Å². The Hall–Kier alpha value is -2.81. The van der Waals surface area contributed by atoms with Gasteiger partial charge in [0, 0.05) is 12.1 Å². The predicted molar refractivity (Wildman–Crippen MR) is 107 cm³/mol. The maximum atomic E-state index is 13.3. The van der Waals surface area contributed by atoms with Crippen LogP contribution in [0.2, 0.25) is 0 Å². The van der Waals surface area contributed by atoms with Gasteiger partial charge in [-0.05, 0) is 37.0 Å². The molecule has 0 fully saturated rings. The minimum atomic E-state index is -1.17. The van der Waals surface area contributed by atoms with E-state index < -0.39 is 35.1 Å². The molecule has 2 amide bonds. The summed E-state index contributed by atoms with van der Waals surface area (Å²) in [6, 6.07) is 3.44. The molecule has 1 unspecified atom stereocenters. The molecule has 9 heteroatoms. The maximum Gasteiger partial charge on any atom is 0.248 e. The van der Waals surface area contributed by atoms with Crippen LogP contribution in [0.1, 0.15) is 57.8 Å². The maximum absolute atomic E-state index is 13.3. The third-order valence-corrected chi connectivity index (χ3v) is 4.91. The summed E-state index contributed by atoms with van der Waals surface area (Å²) in [6.45, 7) is 5.47. The number of hydrogen-bond donors (Lipinski definition) is 3. The Bertz CT molecular complexity index is 861. The Kier molecular flexibility index (Phi) is 8.05. The van der Waals surface area contributed by atoms with E-state index in [1.54, 1.807) is 0 Å². The molecular formula is C21H27F2N3O4. The van der Waals surface area contributed by atoms with E-state index in [-0.39, 0.29) is 23.6 Å². The van der Waals surface area contributed by atoms with Crippen molar-refractivity contribution in [3.05, 3.63) is 47.2 Å². The number of nitrogens with one attached hydrogen (secondary N) is 2. The minimum Gasteiger partial charge on any atom is -0.382 e. The van der Waals surface area contributed by atoms with Crippen LogP contribution in [0.15, 0.2) is 28.8 Å². The lowest BCUT2D eigenvalue weighted by molar-refractivity contribution is -0.126. The number of amides is 2. The van der Waals surface area contributed by atoms with E-state index in [2.05, 4.69) is 15.8 Å². The minimum absolute atomic E-state index is 0.123. The first kappa shape index (κ1) is 23.5. The number of aromatic nitrogens is 1. The third kappa shape index (κ3) is 6.09. The van der Waals surface area contributed by atoms with Crippen molar-refractivity contribution in [3.63, 3.8) is 0 Å². The standard InChI is InChI=1S/C21H27F2N3O4/c1-4-7-16(24-19(27)10-13-8-14(22)11-15(23)9-13)20(28)25-18-12-17(30-26-18)21(29,5-2)6-3/h8-9,11-12,16,29H,4-7,10H2,1-3H3,(H,24,27)(H,25,26,28). The molecule has 2 aromatic rings. The number of benzene rings is 1. The first-order chi connectivity index (χ1) is 14.2. The Morgan fingerprint density at radius 1 is 1.13 bits per heavy atom. The van der Waals surface area contributed by atoms with E-state index in [1.807, 2.05) is 20.8 Å². The van der Waals surface area contributed by atoms with Crippen LogP contribution < -0.4 is 10.6 Å². The summed E-state index contributed by atoms with van der Waals surface area (Å²) in [5, 5.41) is 19.4. The van der Waals surface area contributed by atoms with Crippen LogP contribution in [0.3, 0.4) is 0 Å². The van der Waals surface area contributed by atoms with Gasteiger partial charge < -0.3 is 20.3 Å². The number of hydrogen-bond acceptors (Lipinski definition) is 5. The molecule has 0 bridgehead atoms. The molecule has 0 aliphatic rings. The number of carbonyl (C=O) groups excluding carboxylic acids is 2. The van der Waals surface area contributed by atoms with Gasteiger partial charge in [-0.15, -0.1) is 0 Å². The van der Waals surface area contributed by atoms with Crippen molar-refractivity contribution in [2.75, 3.05) is 5.32 Å². The summed E-state index contributed by atoms with van der Waals surface area (Å²) in [5.74, 6) is -2.24. The van der Waals surface area contributed by atoms with Gasteiger partial charge in [-0.2, -0.15) is 0 Å². The van der Waals surface area contributed by atoms with Gasteiger partial charge in [0.05, 0.1) is 6.42 Å².